The van der Waals surface area contributed by atoms with Crippen LogP contribution in [0.1, 0.15) is 5.56 Å². The number of alkyl halides is 3. The first-order valence-corrected chi connectivity index (χ1v) is 9.35. The molecule has 0 unspecified atom stereocenters. The summed E-state index contributed by atoms with van der Waals surface area (Å²) >= 11 is -0.293. The number of benzene rings is 2. The predicted octanol–water partition coefficient (Wildman–Crippen LogP) is 4.52. The molecule has 0 spiro atoms. The molecule has 12 heteroatoms. The highest BCUT2D eigenvalue weighted by Gasteiger charge is 2.29. The number of amides is 1. The minimum Gasteiger partial charge on any atom is -0.486 e. The highest BCUT2D eigenvalue weighted by molar-refractivity contribution is 8.00. The first kappa shape index (κ1) is 22.0. The van der Waals surface area contributed by atoms with Gasteiger partial charge in [0.1, 0.15) is 30.5 Å². The van der Waals surface area contributed by atoms with Crippen molar-refractivity contribution in [3.05, 3.63) is 57.6 Å². The Kier molecular flexibility index (Phi) is 6.36. The molecule has 0 aliphatic carbocycles. The average Bonchev–Trinajstić information content (AvgIpc) is 2.71. The molecular formula is C19H12F3N3O5S. The first-order chi connectivity index (χ1) is 14.7. The van der Waals surface area contributed by atoms with Crippen LogP contribution in [0, 0.1) is 21.4 Å². The summed E-state index contributed by atoms with van der Waals surface area (Å²) in [5, 5.41) is 22.9. The molecule has 0 atom stereocenters. The molecule has 1 aliphatic rings. The lowest BCUT2D eigenvalue weighted by Gasteiger charge is -2.19. The van der Waals surface area contributed by atoms with Crippen molar-refractivity contribution in [3.63, 3.8) is 0 Å². The number of nitro benzene ring substituents is 1. The number of nitriles is 1. The third kappa shape index (κ3) is 5.67. The summed E-state index contributed by atoms with van der Waals surface area (Å²) in [7, 11) is 0. The third-order valence-electron chi connectivity index (χ3n) is 3.90. The molecule has 1 N–H and O–H groups in total. The van der Waals surface area contributed by atoms with Crippen LogP contribution in [0.4, 0.5) is 24.5 Å². The van der Waals surface area contributed by atoms with E-state index in [-0.39, 0.29) is 47.1 Å². The molecule has 0 saturated heterocycles. The van der Waals surface area contributed by atoms with Crippen LogP contribution in [-0.2, 0) is 4.79 Å². The van der Waals surface area contributed by atoms with Gasteiger partial charge in [0, 0.05) is 11.0 Å². The van der Waals surface area contributed by atoms with E-state index in [4.69, 9.17) is 9.47 Å². The summed E-state index contributed by atoms with van der Waals surface area (Å²) in [5.41, 5.74) is -5.19. The summed E-state index contributed by atoms with van der Waals surface area (Å²) in [4.78, 5) is 23.1. The Labute approximate surface area is 177 Å². The molecule has 160 valence electrons. The van der Waals surface area contributed by atoms with Gasteiger partial charge in [0.2, 0.25) is 0 Å². The smallest absolute Gasteiger partial charge is 0.446 e. The number of rotatable bonds is 5. The molecule has 8 nitrogen and oxygen atoms in total. The van der Waals surface area contributed by atoms with Crippen molar-refractivity contribution in [2.45, 2.75) is 10.4 Å². The van der Waals surface area contributed by atoms with E-state index >= 15 is 0 Å². The van der Waals surface area contributed by atoms with E-state index < -0.39 is 27.6 Å². The molecule has 0 bridgehead atoms. The number of anilines is 1. The summed E-state index contributed by atoms with van der Waals surface area (Å²) in [5.74, 6) is -0.577. The van der Waals surface area contributed by atoms with Crippen molar-refractivity contribution in [2.24, 2.45) is 0 Å². The zero-order valence-electron chi connectivity index (χ0n) is 15.4. The zero-order valence-corrected chi connectivity index (χ0v) is 16.2. The van der Waals surface area contributed by atoms with Gasteiger partial charge in [-0.2, -0.15) is 18.4 Å². The lowest BCUT2D eigenvalue weighted by molar-refractivity contribution is -0.384. The maximum Gasteiger partial charge on any atom is 0.446 e. The minimum absolute atomic E-state index is 0.0560. The normalized spacial score (nSPS) is 13.3. The van der Waals surface area contributed by atoms with Gasteiger partial charge in [-0.05, 0) is 35.5 Å². The molecule has 0 saturated carbocycles. The van der Waals surface area contributed by atoms with E-state index in [0.717, 1.165) is 12.1 Å². The number of nitrogens with zero attached hydrogens (tertiary/aromatic N) is 2. The number of thioether (sulfide) groups is 1. The first-order valence-electron chi connectivity index (χ1n) is 8.53. The van der Waals surface area contributed by atoms with Crippen LogP contribution in [0.2, 0.25) is 0 Å². The number of ether oxygens (including phenoxy) is 2. The lowest BCUT2D eigenvalue weighted by Crippen LogP contribution is -2.18. The van der Waals surface area contributed by atoms with Gasteiger partial charge in [0.15, 0.2) is 11.5 Å². The fourth-order valence-electron chi connectivity index (χ4n) is 2.60. The monoisotopic (exact) mass is 451 g/mol. The largest absolute Gasteiger partial charge is 0.486 e. The zero-order chi connectivity index (χ0) is 22.6. The molecule has 1 heterocycles. The number of carbonyl (C=O) groups is 1. The molecule has 1 aliphatic heterocycles. The molecule has 1 amide bonds. The van der Waals surface area contributed by atoms with E-state index in [2.05, 4.69) is 5.32 Å². The van der Waals surface area contributed by atoms with Gasteiger partial charge in [-0.1, -0.05) is 12.1 Å². The summed E-state index contributed by atoms with van der Waals surface area (Å²) in [6.45, 7) is 0.446. The summed E-state index contributed by atoms with van der Waals surface area (Å²) < 4.78 is 47.8. The second-order valence-electron chi connectivity index (χ2n) is 6.01. The Morgan fingerprint density at radius 1 is 1.19 bits per heavy atom. The second-order valence-corrected chi connectivity index (χ2v) is 7.15. The average molecular weight is 451 g/mol. The fraction of sp³-hybridized carbons (Fsp3) is 0.158. The van der Waals surface area contributed by atoms with Crippen LogP contribution in [0.25, 0.3) is 6.08 Å². The molecule has 2 aromatic carbocycles. The summed E-state index contributed by atoms with van der Waals surface area (Å²) in [6, 6.07) is 9.02. The SMILES string of the molecule is N#C/C(=C\c1ccc(SC(F)(F)F)cc1)C(=O)Nc1cc2c(cc1[N+](=O)[O-])OCCO2. The Morgan fingerprint density at radius 2 is 1.81 bits per heavy atom. The van der Waals surface area contributed by atoms with E-state index in [1.165, 1.54) is 30.3 Å². The number of nitrogens with one attached hydrogen (secondary N) is 1. The Morgan fingerprint density at radius 3 is 2.35 bits per heavy atom. The van der Waals surface area contributed by atoms with Crippen LogP contribution in [-0.4, -0.2) is 29.6 Å². The van der Waals surface area contributed by atoms with Crippen molar-refractivity contribution >= 4 is 35.1 Å². The van der Waals surface area contributed by atoms with Crippen molar-refractivity contribution in [1.29, 1.82) is 5.26 Å². The van der Waals surface area contributed by atoms with Crippen LogP contribution < -0.4 is 14.8 Å². The molecule has 3 rings (SSSR count). The van der Waals surface area contributed by atoms with Gasteiger partial charge in [-0.25, -0.2) is 0 Å². The molecule has 0 fully saturated rings. The van der Waals surface area contributed by atoms with Gasteiger partial charge < -0.3 is 14.8 Å². The van der Waals surface area contributed by atoms with Crippen molar-refractivity contribution < 1.29 is 32.4 Å². The van der Waals surface area contributed by atoms with Gasteiger partial charge in [-0.15, -0.1) is 0 Å². The number of halogens is 3. The van der Waals surface area contributed by atoms with Gasteiger partial charge in [-0.3, -0.25) is 14.9 Å². The molecule has 0 radical (unpaired) electrons. The molecular weight excluding hydrogens is 439 g/mol. The lowest BCUT2D eigenvalue weighted by atomic mass is 10.1. The van der Waals surface area contributed by atoms with E-state index in [0.29, 0.717) is 5.56 Å². The highest BCUT2D eigenvalue weighted by atomic mass is 32.2. The number of carbonyl (C=O) groups excluding carboxylic acids is 1. The summed E-state index contributed by atoms with van der Waals surface area (Å²) in [6.07, 6.45) is 1.15. The van der Waals surface area contributed by atoms with E-state index in [1.54, 1.807) is 6.07 Å². The molecule has 0 aromatic heterocycles. The predicted molar refractivity (Wildman–Crippen MR) is 105 cm³/mol. The van der Waals surface area contributed by atoms with Crippen LogP contribution in [0.15, 0.2) is 46.9 Å². The Hall–Kier alpha value is -3.72. The molecule has 31 heavy (non-hydrogen) atoms. The highest BCUT2D eigenvalue weighted by Crippen LogP contribution is 2.39. The number of nitro groups is 1. The van der Waals surface area contributed by atoms with Crippen molar-refractivity contribution in [1.82, 2.24) is 0 Å². The third-order valence-corrected chi connectivity index (χ3v) is 4.63. The minimum atomic E-state index is -4.44. The second kappa shape index (κ2) is 8.97. The van der Waals surface area contributed by atoms with E-state index in [1.807, 2.05) is 0 Å². The maximum absolute atomic E-state index is 12.5. The Bertz CT molecular complexity index is 1090. The number of fused-ring (bicyclic) bond motifs is 1. The number of hydrogen-bond donors (Lipinski definition) is 1. The van der Waals surface area contributed by atoms with Crippen LogP contribution in [0.5, 0.6) is 11.5 Å². The van der Waals surface area contributed by atoms with Gasteiger partial charge in [0.25, 0.3) is 11.6 Å². The maximum atomic E-state index is 12.5. The van der Waals surface area contributed by atoms with Crippen LogP contribution >= 0.6 is 11.8 Å². The standard InChI is InChI=1S/C19H12F3N3O5S/c20-19(21,22)31-13-3-1-11(2-4-13)7-12(10-23)18(26)24-14-8-16-17(30-6-5-29-16)9-15(14)25(27)28/h1-4,7-9H,5-6H2,(H,24,26)/b12-7+. The Balaban J connectivity index is 1.83. The fourth-order valence-corrected chi connectivity index (χ4v) is 3.14. The van der Waals surface area contributed by atoms with Crippen molar-refractivity contribution in [2.75, 3.05) is 18.5 Å². The topological polar surface area (TPSA) is 114 Å². The van der Waals surface area contributed by atoms with Gasteiger partial charge >= 0.3 is 5.51 Å². The van der Waals surface area contributed by atoms with Crippen LogP contribution in [0.3, 0.4) is 0 Å². The van der Waals surface area contributed by atoms with Crippen molar-refractivity contribution in [3.8, 4) is 17.6 Å². The van der Waals surface area contributed by atoms with Gasteiger partial charge in [0.05, 0.1) is 11.0 Å². The quantitative estimate of drug-likeness (QED) is 0.234. The number of hydrogen-bond acceptors (Lipinski definition) is 7. The molecule has 2 aromatic rings. The van der Waals surface area contributed by atoms with E-state index in [9.17, 15) is 33.3 Å².